The molecule has 1 aliphatic heterocycles. The van der Waals surface area contributed by atoms with E-state index in [0.29, 0.717) is 6.04 Å². The quantitative estimate of drug-likeness (QED) is 0.852. The average molecular weight is 235 g/mol. The summed E-state index contributed by atoms with van der Waals surface area (Å²) in [5.74, 6) is 0.989. The molecule has 2 heterocycles. The first-order chi connectivity index (χ1) is 8.24. The Morgan fingerprint density at radius 3 is 2.94 bits per heavy atom. The van der Waals surface area contributed by atoms with E-state index < -0.39 is 0 Å². The number of anilines is 1. The molecule has 0 amide bonds. The van der Waals surface area contributed by atoms with Crippen LogP contribution in [-0.4, -0.2) is 47.7 Å². The fourth-order valence-electron chi connectivity index (χ4n) is 2.33. The van der Waals surface area contributed by atoms with E-state index in [0.717, 1.165) is 37.6 Å². The van der Waals surface area contributed by atoms with Crippen LogP contribution in [0, 0.1) is 0 Å². The Bertz CT molecular complexity index is 369. The molecule has 1 aromatic rings. The van der Waals surface area contributed by atoms with Crippen molar-refractivity contribution in [1.29, 1.82) is 0 Å². The lowest BCUT2D eigenvalue weighted by Gasteiger charge is -2.39. The lowest BCUT2D eigenvalue weighted by molar-refractivity contribution is 0.212. The number of likely N-dealkylation sites (N-methyl/N-ethyl adjacent to an activating group) is 1. The molecule has 1 fully saturated rings. The highest BCUT2D eigenvalue weighted by Crippen LogP contribution is 2.18. The summed E-state index contributed by atoms with van der Waals surface area (Å²) in [7, 11) is 2.18. The molecule has 0 aliphatic carbocycles. The van der Waals surface area contributed by atoms with Gasteiger partial charge >= 0.3 is 0 Å². The maximum atomic E-state index is 9.11. The second kappa shape index (κ2) is 5.47. The van der Waals surface area contributed by atoms with Crippen LogP contribution in [0.25, 0.3) is 0 Å². The van der Waals surface area contributed by atoms with E-state index in [1.807, 2.05) is 18.2 Å². The molecule has 17 heavy (non-hydrogen) atoms. The Balaban J connectivity index is 2.11. The highest BCUT2D eigenvalue weighted by atomic mass is 16.3. The molecule has 0 spiro atoms. The van der Waals surface area contributed by atoms with Gasteiger partial charge in [-0.1, -0.05) is 13.0 Å². The van der Waals surface area contributed by atoms with E-state index in [-0.39, 0.29) is 6.61 Å². The Morgan fingerprint density at radius 2 is 2.24 bits per heavy atom. The predicted octanol–water partition coefficient (Wildman–Crippen LogP) is 1.10. The molecule has 1 aromatic heterocycles. The van der Waals surface area contributed by atoms with Gasteiger partial charge in [0.05, 0.1) is 12.3 Å². The third kappa shape index (κ3) is 2.76. The molecule has 4 heteroatoms. The Hall–Kier alpha value is -1.13. The minimum absolute atomic E-state index is 0.0127. The van der Waals surface area contributed by atoms with Crippen molar-refractivity contribution in [3.05, 3.63) is 23.9 Å². The number of rotatable bonds is 3. The van der Waals surface area contributed by atoms with Gasteiger partial charge in [-0.25, -0.2) is 4.98 Å². The first-order valence-corrected chi connectivity index (χ1v) is 6.26. The van der Waals surface area contributed by atoms with Crippen LogP contribution >= 0.6 is 0 Å². The second-order valence-corrected chi connectivity index (χ2v) is 4.63. The summed E-state index contributed by atoms with van der Waals surface area (Å²) in [5.41, 5.74) is 0.745. The van der Waals surface area contributed by atoms with Gasteiger partial charge in [0.1, 0.15) is 5.82 Å². The maximum Gasteiger partial charge on any atom is 0.129 e. The van der Waals surface area contributed by atoms with E-state index >= 15 is 0 Å². The van der Waals surface area contributed by atoms with E-state index in [4.69, 9.17) is 5.11 Å². The lowest BCUT2D eigenvalue weighted by atomic mass is 10.1. The van der Waals surface area contributed by atoms with Gasteiger partial charge in [0.25, 0.3) is 0 Å². The topological polar surface area (TPSA) is 39.6 Å². The molecule has 0 aromatic carbocycles. The smallest absolute Gasteiger partial charge is 0.129 e. The van der Waals surface area contributed by atoms with Crippen LogP contribution in [0.5, 0.6) is 0 Å². The number of hydrogen-bond acceptors (Lipinski definition) is 4. The van der Waals surface area contributed by atoms with Crippen molar-refractivity contribution < 1.29 is 5.11 Å². The molecule has 1 atom stereocenters. The van der Waals surface area contributed by atoms with Crippen LogP contribution in [0.3, 0.4) is 0 Å². The molecule has 0 saturated carbocycles. The van der Waals surface area contributed by atoms with Crippen LogP contribution in [0.2, 0.25) is 0 Å². The predicted molar refractivity (Wildman–Crippen MR) is 69.1 cm³/mol. The number of piperazine rings is 1. The van der Waals surface area contributed by atoms with Crippen LogP contribution in [0.4, 0.5) is 5.82 Å². The van der Waals surface area contributed by atoms with Crippen LogP contribution in [-0.2, 0) is 6.61 Å². The first kappa shape index (κ1) is 12.3. The molecule has 2 rings (SSSR count). The monoisotopic (exact) mass is 235 g/mol. The van der Waals surface area contributed by atoms with Gasteiger partial charge in [-0.05, 0) is 25.6 Å². The third-order valence-corrected chi connectivity index (χ3v) is 3.53. The molecule has 0 bridgehead atoms. The largest absolute Gasteiger partial charge is 0.390 e. The summed E-state index contributed by atoms with van der Waals surface area (Å²) in [5, 5.41) is 9.11. The maximum absolute atomic E-state index is 9.11. The Labute approximate surface area is 103 Å². The number of nitrogens with zero attached hydrogens (tertiary/aromatic N) is 3. The van der Waals surface area contributed by atoms with Gasteiger partial charge < -0.3 is 10.0 Å². The van der Waals surface area contributed by atoms with E-state index in [1.54, 1.807) is 0 Å². The molecular formula is C13H21N3O. The van der Waals surface area contributed by atoms with E-state index in [2.05, 4.69) is 28.8 Å². The van der Waals surface area contributed by atoms with Crippen molar-refractivity contribution in [3.63, 3.8) is 0 Å². The number of aromatic nitrogens is 1. The summed E-state index contributed by atoms with van der Waals surface area (Å²) in [6.45, 7) is 5.34. The number of aliphatic hydroxyl groups excluding tert-OH is 1. The van der Waals surface area contributed by atoms with Crippen molar-refractivity contribution in [2.75, 3.05) is 31.6 Å². The summed E-state index contributed by atoms with van der Waals surface area (Å²) >= 11 is 0. The van der Waals surface area contributed by atoms with Gasteiger partial charge in [0.15, 0.2) is 0 Å². The van der Waals surface area contributed by atoms with Crippen LogP contribution < -0.4 is 4.90 Å². The molecular weight excluding hydrogens is 214 g/mol. The van der Waals surface area contributed by atoms with Crippen LogP contribution in [0.15, 0.2) is 18.2 Å². The molecule has 1 unspecified atom stereocenters. The van der Waals surface area contributed by atoms with Gasteiger partial charge in [-0.3, -0.25) is 4.90 Å². The molecule has 4 nitrogen and oxygen atoms in total. The van der Waals surface area contributed by atoms with Crippen molar-refractivity contribution in [2.24, 2.45) is 0 Å². The van der Waals surface area contributed by atoms with Crippen molar-refractivity contribution in [3.8, 4) is 0 Å². The second-order valence-electron chi connectivity index (χ2n) is 4.63. The lowest BCUT2D eigenvalue weighted by Crippen LogP contribution is -2.51. The van der Waals surface area contributed by atoms with Crippen molar-refractivity contribution in [1.82, 2.24) is 9.88 Å². The summed E-state index contributed by atoms with van der Waals surface area (Å²) in [4.78, 5) is 9.19. The van der Waals surface area contributed by atoms with Crippen molar-refractivity contribution >= 4 is 5.82 Å². The first-order valence-electron chi connectivity index (χ1n) is 6.26. The van der Waals surface area contributed by atoms with E-state index in [1.165, 1.54) is 0 Å². The highest BCUT2D eigenvalue weighted by molar-refractivity contribution is 5.40. The van der Waals surface area contributed by atoms with Gasteiger partial charge in [-0.2, -0.15) is 0 Å². The molecule has 1 aliphatic rings. The molecule has 1 N–H and O–H groups in total. The van der Waals surface area contributed by atoms with E-state index in [9.17, 15) is 0 Å². The molecule has 1 saturated heterocycles. The summed E-state index contributed by atoms with van der Waals surface area (Å²) in [6.07, 6.45) is 1.16. The molecule has 94 valence electrons. The standard InChI is InChI=1S/C13H21N3O/c1-3-12-9-16(8-7-15(12)2)13-6-4-5-11(10-17)14-13/h4-6,12,17H,3,7-10H2,1-2H3. The Morgan fingerprint density at radius 1 is 1.41 bits per heavy atom. The fourth-order valence-corrected chi connectivity index (χ4v) is 2.33. The normalized spacial score (nSPS) is 21.8. The summed E-state index contributed by atoms with van der Waals surface area (Å²) < 4.78 is 0. The summed E-state index contributed by atoms with van der Waals surface area (Å²) in [6, 6.07) is 6.45. The third-order valence-electron chi connectivity index (χ3n) is 3.53. The van der Waals surface area contributed by atoms with Gasteiger partial charge in [0, 0.05) is 25.7 Å². The number of hydrogen-bond donors (Lipinski definition) is 1. The van der Waals surface area contributed by atoms with Gasteiger partial charge in [0.2, 0.25) is 0 Å². The Kier molecular flexibility index (Phi) is 3.97. The SMILES string of the molecule is CCC1CN(c2cccc(CO)n2)CCN1C. The zero-order valence-corrected chi connectivity index (χ0v) is 10.6. The van der Waals surface area contributed by atoms with Crippen molar-refractivity contribution in [2.45, 2.75) is 26.0 Å². The highest BCUT2D eigenvalue weighted by Gasteiger charge is 2.23. The minimum atomic E-state index is 0.0127. The van der Waals surface area contributed by atoms with Gasteiger partial charge in [-0.15, -0.1) is 0 Å². The fraction of sp³-hybridized carbons (Fsp3) is 0.615. The number of aliphatic hydroxyl groups is 1. The zero-order chi connectivity index (χ0) is 12.3. The number of pyridine rings is 1. The average Bonchev–Trinajstić information content (AvgIpc) is 2.39. The van der Waals surface area contributed by atoms with Crippen LogP contribution in [0.1, 0.15) is 19.0 Å². The molecule has 0 radical (unpaired) electrons. The minimum Gasteiger partial charge on any atom is -0.390 e. The zero-order valence-electron chi connectivity index (χ0n) is 10.6.